The number of piperidine rings is 1. The second-order valence-corrected chi connectivity index (χ2v) is 6.20. The Balaban J connectivity index is 1.83. The van der Waals surface area contributed by atoms with Crippen molar-refractivity contribution >= 4 is 5.69 Å². The fourth-order valence-electron chi connectivity index (χ4n) is 2.84. The molecule has 1 aliphatic heterocycles. The molecular formula is C16H24N2O4. The lowest BCUT2D eigenvalue weighted by molar-refractivity contribution is -0.384. The Morgan fingerprint density at radius 2 is 2.23 bits per heavy atom. The molecule has 1 saturated heterocycles. The number of aliphatic hydroxyl groups is 1. The van der Waals surface area contributed by atoms with Crippen molar-refractivity contribution in [2.24, 2.45) is 5.92 Å². The van der Waals surface area contributed by atoms with E-state index in [-0.39, 0.29) is 12.3 Å². The number of benzene rings is 1. The summed E-state index contributed by atoms with van der Waals surface area (Å²) in [6, 6.07) is 6.50. The lowest BCUT2D eigenvalue weighted by Crippen LogP contribution is -2.46. The SMILES string of the molecule is CC1CCC(C)N(CC(O)COc2cccc([N+](=O)[O-])c2)C1. The predicted octanol–water partition coefficient (Wildman–Crippen LogP) is 2.45. The Bertz CT molecular complexity index is 509. The maximum atomic E-state index is 10.7. The van der Waals surface area contributed by atoms with Crippen LogP contribution in [0.15, 0.2) is 24.3 Å². The van der Waals surface area contributed by atoms with Crippen LogP contribution >= 0.6 is 0 Å². The Hall–Kier alpha value is -1.66. The van der Waals surface area contributed by atoms with Crippen LogP contribution in [0.25, 0.3) is 0 Å². The molecule has 0 saturated carbocycles. The molecule has 3 unspecified atom stereocenters. The van der Waals surface area contributed by atoms with Gasteiger partial charge in [0.2, 0.25) is 0 Å². The Kier molecular flexibility index (Phi) is 5.74. The van der Waals surface area contributed by atoms with Crippen LogP contribution in [0, 0.1) is 16.0 Å². The van der Waals surface area contributed by atoms with Crippen molar-refractivity contribution in [3.8, 4) is 5.75 Å². The highest BCUT2D eigenvalue weighted by Gasteiger charge is 2.24. The van der Waals surface area contributed by atoms with E-state index in [0.717, 1.165) is 13.0 Å². The largest absolute Gasteiger partial charge is 0.491 e. The first-order chi connectivity index (χ1) is 10.5. The van der Waals surface area contributed by atoms with Gasteiger partial charge in [-0.15, -0.1) is 0 Å². The minimum absolute atomic E-state index is 0.00883. The number of nitrogens with zero attached hydrogens (tertiary/aromatic N) is 2. The molecule has 0 bridgehead atoms. The van der Waals surface area contributed by atoms with E-state index in [1.807, 2.05) is 0 Å². The van der Waals surface area contributed by atoms with Crippen LogP contribution in [0.1, 0.15) is 26.7 Å². The maximum absolute atomic E-state index is 10.7. The highest BCUT2D eigenvalue weighted by molar-refractivity contribution is 5.37. The molecule has 0 aliphatic carbocycles. The van der Waals surface area contributed by atoms with Crippen molar-refractivity contribution in [3.63, 3.8) is 0 Å². The number of likely N-dealkylation sites (tertiary alicyclic amines) is 1. The topological polar surface area (TPSA) is 75.8 Å². The molecule has 0 aromatic heterocycles. The molecule has 0 radical (unpaired) electrons. The zero-order chi connectivity index (χ0) is 16.1. The van der Waals surface area contributed by atoms with Gasteiger partial charge >= 0.3 is 0 Å². The summed E-state index contributed by atoms with van der Waals surface area (Å²) in [7, 11) is 0. The van der Waals surface area contributed by atoms with Crippen LogP contribution in [0.2, 0.25) is 0 Å². The van der Waals surface area contributed by atoms with Crippen LogP contribution in [0.4, 0.5) is 5.69 Å². The average molecular weight is 308 g/mol. The van der Waals surface area contributed by atoms with Gasteiger partial charge in [0.15, 0.2) is 0 Å². The molecule has 1 aromatic carbocycles. The number of nitro benzene ring substituents is 1. The number of hydrogen-bond acceptors (Lipinski definition) is 5. The van der Waals surface area contributed by atoms with Crippen molar-refractivity contribution < 1.29 is 14.8 Å². The molecule has 122 valence electrons. The summed E-state index contributed by atoms with van der Waals surface area (Å²) in [4.78, 5) is 12.5. The third-order valence-corrected chi connectivity index (χ3v) is 4.16. The van der Waals surface area contributed by atoms with E-state index in [2.05, 4.69) is 18.7 Å². The number of hydrogen-bond donors (Lipinski definition) is 1. The van der Waals surface area contributed by atoms with E-state index in [9.17, 15) is 15.2 Å². The summed E-state index contributed by atoms with van der Waals surface area (Å²) < 4.78 is 5.48. The number of β-amino-alcohol motifs (C(OH)–C–C–N with tert-alkyl or cyclic N) is 1. The third kappa shape index (κ3) is 4.68. The first kappa shape index (κ1) is 16.7. The first-order valence-electron chi connectivity index (χ1n) is 7.75. The summed E-state index contributed by atoms with van der Waals surface area (Å²) in [5.41, 5.74) is -0.00883. The number of rotatable bonds is 6. The molecule has 0 spiro atoms. The summed E-state index contributed by atoms with van der Waals surface area (Å²) in [6.07, 6.45) is 1.78. The fourth-order valence-corrected chi connectivity index (χ4v) is 2.84. The number of nitro groups is 1. The molecule has 6 nitrogen and oxygen atoms in total. The van der Waals surface area contributed by atoms with E-state index in [0.29, 0.717) is 24.3 Å². The van der Waals surface area contributed by atoms with Crippen LogP contribution in [-0.2, 0) is 0 Å². The number of aliphatic hydroxyl groups excluding tert-OH is 1. The van der Waals surface area contributed by atoms with Gasteiger partial charge in [-0.1, -0.05) is 13.0 Å². The quantitative estimate of drug-likeness (QED) is 0.645. The molecule has 1 aromatic rings. The monoisotopic (exact) mass is 308 g/mol. The minimum atomic E-state index is -0.605. The molecule has 22 heavy (non-hydrogen) atoms. The standard InChI is InChI=1S/C16H24N2O4/c1-12-6-7-13(2)17(9-12)10-15(19)11-22-16-5-3-4-14(8-16)18(20)21/h3-5,8,12-13,15,19H,6-7,9-11H2,1-2H3. The molecular weight excluding hydrogens is 284 g/mol. The van der Waals surface area contributed by atoms with Gasteiger partial charge in [0.1, 0.15) is 18.5 Å². The molecule has 1 heterocycles. The molecule has 1 aliphatic rings. The first-order valence-corrected chi connectivity index (χ1v) is 7.75. The van der Waals surface area contributed by atoms with E-state index in [1.165, 1.54) is 18.6 Å². The van der Waals surface area contributed by atoms with Gasteiger partial charge in [-0.05, 0) is 31.7 Å². The van der Waals surface area contributed by atoms with Gasteiger partial charge < -0.3 is 9.84 Å². The zero-order valence-electron chi connectivity index (χ0n) is 13.1. The number of ether oxygens (including phenoxy) is 1. The van der Waals surface area contributed by atoms with E-state index in [4.69, 9.17) is 4.74 Å². The molecule has 1 N–H and O–H groups in total. The maximum Gasteiger partial charge on any atom is 0.273 e. The van der Waals surface area contributed by atoms with E-state index >= 15 is 0 Å². The average Bonchev–Trinajstić information content (AvgIpc) is 2.49. The Labute approximate surface area is 130 Å². The lowest BCUT2D eigenvalue weighted by Gasteiger charge is -2.37. The molecule has 3 atom stereocenters. The molecule has 2 rings (SSSR count). The van der Waals surface area contributed by atoms with Gasteiger partial charge in [-0.3, -0.25) is 15.0 Å². The second kappa shape index (κ2) is 7.56. The van der Waals surface area contributed by atoms with Crippen LogP contribution in [0.3, 0.4) is 0 Å². The van der Waals surface area contributed by atoms with Crippen LogP contribution in [0.5, 0.6) is 5.75 Å². The van der Waals surface area contributed by atoms with Crippen molar-refractivity contribution in [2.75, 3.05) is 19.7 Å². The Morgan fingerprint density at radius 1 is 1.45 bits per heavy atom. The van der Waals surface area contributed by atoms with Crippen LogP contribution in [-0.4, -0.2) is 46.8 Å². The molecule has 0 amide bonds. The van der Waals surface area contributed by atoms with Gasteiger partial charge in [0.25, 0.3) is 5.69 Å². The molecule has 6 heteroatoms. The lowest BCUT2D eigenvalue weighted by atomic mass is 9.95. The Morgan fingerprint density at radius 3 is 2.95 bits per heavy atom. The van der Waals surface area contributed by atoms with Crippen molar-refractivity contribution in [3.05, 3.63) is 34.4 Å². The normalized spacial score (nSPS) is 24.0. The molecule has 1 fully saturated rings. The third-order valence-electron chi connectivity index (χ3n) is 4.16. The van der Waals surface area contributed by atoms with E-state index in [1.54, 1.807) is 12.1 Å². The van der Waals surface area contributed by atoms with Crippen molar-refractivity contribution in [2.45, 2.75) is 38.8 Å². The predicted molar refractivity (Wildman–Crippen MR) is 84.0 cm³/mol. The highest BCUT2D eigenvalue weighted by Crippen LogP contribution is 2.22. The van der Waals surface area contributed by atoms with Gasteiger partial charge in [0, 0.05) is 25.2 Å². The van der Waals surface area contributed by atoms with E-state index < -0.39 is 11.0 Å². The van der Waals surface area contributed by atoms with Crippen molar-refractivity contribution in [1.82, 2.24) is 4.90 Å². The minimum Gasteiger partial charge on any atom is -0.491 e. The summed E-state index contributed by atoms with van der Waals surface area (Å²) in [5.74, 6) is 1.06. The van der Waals surface area contributed by atoms with Gasteiger partial charge in [-0.25, -0.2) is 0 Å². The fraction of sp³-hybridized carbons (Fsp3) is 0.625. The number of non-ortho nitro benzene ring substituents is 1. The summed E-state index contributed by atoms with van der Waals surface area (Å²) in [6.45, 7) is 6.11. The highest BCUT2D eigenvalue weighted by atomic mass is 16.6. The van der Waals surface area contributed by atoms with Crippen LogP contribution < -0.4 is 4.74 Å². The zero-order valence-corrected chi connectivity index (χ0v) is 13.1. The second-order valence-electron chi connectivity index (χ2n) is 6.20. The van der Waals surface area contributed by atoms with Gasteiger partial charge in [-0.2, -0.15) is 0 Å². The van der Waals surface area contributed by atoms with Crippen molar-refractivity contribution in [1.29, 1.82) is 0 Å². The van der Waals surface area contributed by atoms with Gasteiger partial charge in [0.05, 0.1) is 11.0 Å². The summed E-state index contributed by atoms with van der Waals surface area (Å²) in [5, 5.41) is 20.9. The smallest absolute Gasteiger partial charge is 0.273 e. The summed E-state index contributed by atoms with van der Waals surface area (Å²) >= 11 is 0.